The van der Waals surface area contributed by atoms with Gasteiger partial charge in [0.05, 0.1) is 5.56 Å². The molecule has 0 aromatic carbocycles. The van der Waals surface area contributed by atoms with Crippen LogP contribution in [0.2, 0.25) is 0 Å². The van der Waals surface area contributed by atoms with Crippen LogP contribution in [-0.2, 0) is 0 Å². The Morgan fingerprint density at radius 1 is 1.28 bits per heavy atom. The van der Waals surface area contributed by atoms with E-state index in [9.17, 15) is 4.79 Å². The Balaban J connectivity index is 1.95. The van der Waals surface area contributed by atoms with Gasteiger partial charge in [0.25, 0.3) is 5.91 Å². The van der Waals surface area contributed by atoms with E-state index in [0.717, 1.165) is 11.7 Å². The average molecular weight is 247 g/mol. The standard InChI is InChI=1S/C14H21N3O/c1-2-3-10-4-6-11(7-5-10)14-16-8-12(9-17-14)13(15)18/h8-11H,2-7H2,1H3,(H2,15,18). The molecular weight excluding hydrogens is 226 g/mol. The minimum atomic E-state index is -0.465. The number of rotatable bonds is 4. The van der Waals surface area contributed by atoms with E-state index in [1.54, 1.807) is 12.4 Å². The highest BCUT2D eigenvalue weighted by molar-refractivity contribution is 5.92. The quantitative estimate of drug-likeness (QED) is 0.889. The smallest absolute Gasteiger partial charge is 0.251 e. The van der Waals surface area contributed by atoms with Gasteiger partial charge in [0, 0.05) is 18.3 Å². The number of primary amides is 1. The molecule has 1 saturated carbocycles. The number of nitrogens with zero attached hydrogens (tertiary/aromatic N) is 2. The summed E-state index contributed by atoms with van der Waals surface area (Å²) < 4.78 is 0. The fourth-order valence-corrected chi connectivity index (χ4v) is 2.79. The largest absolute Gasteiger partial charge is 0.366 e. The molecule has 1 aromatic heterocycles. The van der Waals surface area contributed by atoms with Gasteiger partial charge in [-0.15, -0.1) is 0 Å². The molecule has 0 bridgehead atoms. The van der Waals surface area contributed by atoms with Crippen LogP contribution < -0.4 is 5.73 Å². The lowest BCUT2D eigenvalue weighted by Crippen LogP contribution is -2.17. The Kier molecular flexibility index (Phi) is 4.28. The summed E-state index contributed by atoms with van der Waals surface area (Å²) >= 11 is 0. The first-order valence-corrected chi connectivity index (χ1v) is 6.82. The molecular formula is C14H21N3O. The first-order chi connectivity index (χ1) is 8.70. The maximum absolute atomic E-state index is 10.9. The topological polar surface area (TPSA) is 68.9 Å². The molecule has 1 amide bonds. The van der Waals surface area contributed by atoms with Crippen molar-refractivity contribution in [3.05, 3.63) is 23.8 Å². The molecule has 0 unspecified atom stereocenters. The minimum Gasteiger partial charge on any atom is -0.366 e. The van der Waals surface area contributed by atoms with Crippen molar-refractivity contribution in [3.8, 4) is 0 Å². The molecule has 0 aliphatic heterocycles. The Morgan fingerprint density at radius 3 is 2.39 bits per heavy atom. The molecule has 1 fully saturated rings. The average Bonchev–Trinajstić information content (AvgIpc) is 2.40. The SMILES string of the molecule is CCCC1CCC(c2ncc(C(N)=O)cn2)CC1. The van der Waals surface area contributed by atoms with E-state index in [1.165, 1.54) is 38.5 Å². The van der Waals surface area contributed by atoms with Crippen molar-refractivity contribution in [1.82, 2.24) is 9.97 Å². The summed E-state index contributed by atoms with van der Waals surface area (Å²) in [5.41, 5.74) is 5.56. The van der Waals surface area contributed by atoms with Crippen LogP contribution in [0, 0.1) is 5.92 Å². The Labute approximate surface area is 108 Å². The highest BCUT2D eigenvalue weighted by Crippen LogP contribution is 2.35. The van der Waals surface area contributed by atoms with Crippen LogP contribution >= 0.6 is 0 Å². The lowest BCUT2D eigenvalue weighted by atomic mass is 9.80. The highest BCUT2D eigenvalue weighted by atomic mass is 16.1. The summed E-state index contributed by atoms with van der Waals surface area (Å²) in [4.78, 5) is 19.5. The van der Waals surface area contributed by atoms with Crippen molar-refractivity contribution in [2.24, 2.45) is 11.7 Å². The second-order valence-corrected chi connectivity index (χ2v) is 5.20. The molecule has 1 aromatic rings. The summed E-state index contributed by atoms with van der Waals surface area (Å²) in [5, 5.41) is 0. The van der Waals surface area contributed by atoms with E-state index in [2.05, 4.69) is 16.9 Å². The first-order valence-electron chi connectivity index (χ1n) is 6.82. The molecule has 1 heterocycles. The van der Waals surface area contributed by atoms with Crippen LogP contribution in [0.4, 0.5) is 0 Å². The normalized spacial score (nSPS) is 23.8. The number of hydrogen-bond acceptors (Lipinski definition) is 3. The van der Waals surface area contributed by atoms with Crippen molar-refractivity contribution in [3.63, 3.8) is 0 Å². The summed E-state index contributed by atoms with van der Waals surface area (Å²) in [5.74, 6) is 1.75. The zero-order valence-electron chi connectivity index (χ0n) is 10.9. The van der Waals surface area contributed by atoms with Crippen LogP contribution in [0.1, 0.15) is 67.5 Å². The zero-order valence-corrected chi connectivity index (χ0v) is 10.9. The molecule has 0 saturated heterocycles. The van der Waals surface area contributed by atoms with E-state index in [1.807, 2.05) is 0 Å². The number of hydrogen-bond donors (Lipinski definition) is 1. The Morgan fingerprint density at radius 2 is 1.89 bits per heavy atom. The molecule has 4 nitrogen and oxygen atoms in total. The lowest BCUT2D eigenvalue weighted by molar-refractivity contribution is 0.0999. The lowest BCUT2D eigenvalue weighted by Gasteiger charge is -2.27. The summed E-state index contributed by atoms with van der Waals surface area (Å²) in [6.45, 7) is 2.25. The summed E-state index contributed by atoms with van der Waals surface area (Å²) in [6, 6.07) is 0. The van der Waals surface area contributed by atoms with E-state index >= 15 is 0 Å². The molecule has 1 aliphatic rings. The van der Waals surface area contributed by atoms with Crippen LogP contribution in [0.15, 0.2) is 12.4 Å². The van der Waals surface area contributed by atoms with Gasteiger partial charge in [-0.25, -0.2) is 9.97 Å². The second-order valence-electron chi connectivity index (χ2n) is 5.20. The van der Waals surface area contributed by atoms with E-state index in [4.69, 9.17) is 5.73 Å². The van der Waals surface area contributed by atoms with Gasteiger partial charge in [-0.2, -0.15) is 0 Å². The van der Waals surface area contributed by atoms with Crippen molar-refractivity contribution >= 4 is 5.91 Å². The Hall–Kier alpha value is -1.45. The molecule has 1 aliphatic carbocycles. The number of carbonyl (C=O) groups is 1. The summed E-state index contributed by atoms with van der Waals surface area (Å²) in [7, 11) is 0. The Bertz CT molecular complexity index is 394. The number of nitrogens with two attached hydrogens (primary N) is 1. The van der Waals surface area contributed by atoms with Gasteiger partial charge in [0.15, 0.2) is 0 Å². The fraction of sp³-hybridized carbons (Fsp3) is 0.643. The maximum Gasteiger partial charge on any atom is 0.251 e. The molecule has 2 N–H and O–H groups in total. The maximum atomic E-state index is 10.9. The van der Waals surface area contributed by atoms with E-state index in [0.29, 0.717) is 11.5 Å². The van der Waals surface area contributed by atoms with Gasteiger partial charge in [0.1, 0.15) is 5.82 Å². The monoisotopic (exact) mass is 247 g/mol. The third-order valence-corrected chi connectivity index (χ3v) is 3.87. The molecule has 4 heteroatoms. The van der Waals surface area contributed by atoms with Gasteiger partial charge < -0.3 is 5.73 Å². The summed E-state index contributed by atoms with van der Waals surface area (Å²) in [6.07, 6.45) is 10.6. The predicted octanol–water partition coefficient (Wildman–Crippen LogP) is 2.65. The first kappa shape index (κ1) is 13.0. The van der Waals surface area contributed by atoms with Crippen molar-refractivity contribution in [1.29, 1.82) is 0 Å². The number of amides is 1. The van der Waals surface area contributed by atoms with Crippen LogP contribution in [-0.4, -0.2) is 15.9 Å². The van der Waals surface area contributed by atoms with E-state index < -0.39 is 5.91 Å². The van der Waals surface area contributed by atoms with Crippen LogP contribution in [0.3, 0.4) is 0 Å². The zero-order chi connectivity index (χ0) is 13.0. The van der Waals surface area contributed by atoms with Crippen LogP contribution in [0.25, 0.3) is 0 Å². The second kappa shape index (κ2) is 5.94. The van der Waals surface area contributed by atoms with Crippen LogP contribution in [0.5, 0.6) is 0 Å². The van der Waals surface area contributed by atoms with Gasteiger partial charge >= 0.3 is 0 Å². The van der Waals surface area contributed by atoms with Crippen molar-refractivity contribution in [2.75, 3.05) is 0 Å². The molecule has 98 valence electrons. The van der Waals surface area contributed by atoms with Crippen molar-refractivity contribution < 1.29 is 4.79 Å². The number of carbonyl (C=O) groups excluding carboxylic acids is 1. The van der Waals surface area contributed by atoms with Gasteiger partial charge in [-0.05, 0) is 31.6 Å². The fourth-order valence-electron chi connectivity index (χ4n) is 2.79. The molecule has 0 radical (unpaired) electrons. The molecule has 0 spiro atoms. The minimum absolute atomic E-state index is 0.387. The molecule has 2 rings (SSSR count). The predicted molar refractivity (Wildman–Crippen MR) is 70.2 cm³/mol. The number of aromatic nitrogens is 2. The van der Waals surface area contributed by atoms with Crippen molar-refractivity contribution in [2.45, 2.75) is 51.4 Å². The third-order valence-electron chi connectivity index (χ3n) is 3.87. The third kappa shape index (κ3) is 3.06. The van der Waals surface area contributed by atoms with Gasteiger partial charge in [-0.1, -0.05) is 19.8 Å². The molecule has 18 heavy (non-hydrogen) atoms. The van der Waals surface area contributed by atoms with Gasteiger partial charge in [-0.3, -0.25) is 4.79 Å². The molecule has 0 atom stereocenters. The highest BCUT2D eigenvalue weighted by Gasteiger charge is 2.23. The van der Waals surface area contributed by atoms with E-state index in [-0.39, 0.29) is 0 Å². The van der Waals surface area contributed by atoms with Gasteiger partial charge in [0.2, 0.25) is 0 Å².